The number of rotatable bonds is 13. The second-order valence-electron chi connectivity index (χ2n) is 7.55. The molecule has 0 aromatic heterocycles. The molecule has 2 rings (SSSR count). The second-order valence-corrected chi connectivity index (χ2v) is 7.55. The molecular formula is C22H24N2O10. The minimum Gasteiger partial charge on any atom is -0.481 e. The summed E-state index contributed by atoms with van der Waals surface area (Å²) in [5.41, 5.74) is 6.63. The van der Waals surface area contributed by atoms with Crippen molar-refractivity contribution in [3.8, 4) is 11.5 Å². The highest BCUT2D eigenvalue weighted by Gasteiger charge is 2.61. The van der Waals surface area contributed by atoms with Gasteiger partial charge in [0, 0.05) is 0 Å². The summed E-state index contributed by atoms with van der Waals surface area (Å²) in [6, 6.07) is 11.4. The van der Waals surface area contributed by atoms with E-state index in [0.717, 1.165) is 0 Å². The Morgan fingerprint density at radius 1 is 0.588 bits per heavy atom. The summed E-state index contributed by atoms with van der Waals surface area (Å²) in [7, 11) is 0. The Hall–Kier alpha value is -4.48. The molecule has 8 N–H and O–H groups in total. The van der Waals surface area contributed by atoms with Crippen LogP contribution in [0.4, 0.5) is 11.4 Å². The van der Waals surface area contributed by atoms with Crippen molar-refractivity contribution >= 4 is 35.3 Å². The number of nitrogens with two attached hydrogens (primary N) is 2. The van der Waals surface area contributed by atoms with E-state index in [-0.39, 0.29) is 22.9 Å². The van der Waals surface area contributed by atoms with Gasteiger partial charge in [-0.1, -0.05) is 24.3 Å². The van der Waals surface area contributed by atoms with Crippen LogP contribution in [0.15, 0.2) is 48.5 Å². The van der Waals surface area contributed by atoms with Gasteiger partial charge in [-0.25, -0.2) is 0 Å². The average Bonchev–Trinajstić information content (AvgIpc) is 2.69. The highest BCUT2D eigenvalue weighted by Crippen LogP contribution is 2.45. The van der Waals surface area contributed by atoms with Crippen molar-refractivity contribution in [3.63, 3.8) is 0 Å². The first kappa shape index (κ1) is 25.8. The molecule has 0 aliphatic rings. The summed E-state index contributed by atoms with van der Waals surface area (Å²) in [4.78, 5) is 47.7. The highest BCUT2D eigenvalue weighted by atomic mass is 16.6. The molecular weight excluding hydrogens is 452 g/mol. The maximum Gasteiger partial charge on any atom is 0.307 e. The molecule has 0 aliphatic carbocycles. The summed E-state index contributed by atoms with van der Waals surface area (Å²) < 4.78 is 11.7. The fourth-order valence-corrected chi connectivity index (χ4v) is 3.64. The third kappa shape index (κ3) is 6.06. The summed E-state index contributed by atoms with van der Waals surface area (Å²) in [6.07, 6.45) is -4.55. The topological polar surface area (TPSA) is 220 Å². The van der Waals surface area contributed by atoms with E-state index in [4.69, 9.17) is 20.9 Å². The van der Waals surface area contributed by atoms with E-state index in [0.29, 0.717) is 0 Å². The van der Waals surface area contributed by atoms with Crippen molar-refractivity contribution in [2.75, 3.05) is 11.5 Å². The summed E-state index contributed by atoms with van der Waals surface area (Å²) in [5, 5.41) is 38.7. The summed E-state index contributed by atoms with van der Waals surface area (Å²) in [5.74, 6) is -6.76. The number of anilines is 2. The molecule has 0 heterocycles. The number of ether oxygens (including phenoxy) is 2. The van der Waals surface area contributed by atoms with Crippen LogP contribution in [0.1, 0.15) is 25.7 Å². The Bertz CT molecular complexity index is 967. The van der Waals surface area contributed by atoms with Crippen molar-refractivity contribution in [1.29, 1.82) is 0 Å². The lowest BCUT2D eigenvalue weighted by molar-refractivity contribution is -0.183. The molecule has 0 radical (unpaired) electrons. The van der Waals surface area contributed by atoms with Gasteiger partial charge in [0.05, 0.1) is 37.1 Å². The summed E-state index contributed by atoms with van der Waals surface area (Å²) >= 11 is 0. The zero-order valence-corrected chi connectivity index (χ0v) is 17.8. The molecule has 0 saturated heterocycles. The van der Waals surface area contributed by atoms with Gasteiger partial charge in [-0.15, -0.1) is 0 Å². The number of hydrogen-bond donors (Lipinski definition) is 6. The van der Waals surface area contributed by atoms with Crippen LogP contribution in [0.25, 0.3) is 0 Å². The number of nitrogen functional groups attached to an aromatic ring is 2. The number of carboxylic acids is 4. The maximum atomic E-state index is 11.9. The molecule has 34 heavy (non-hydrogen) atoms. The molecule has 0 atom stereocenters. The third-order valence-electron chi connectivity index (χ3n) is 5.03. The van der Waals surface area contributed by atoms with E-state index in [9.17, 15) is 39.6 Å². The first-order valence-corrected chi connectivity index (χ1v) is 9.84. The largest absolute Gasteiger partial charge is 0.481 e. The normalized spacial score (nSPS) is 11.4. The Morgan fingerprint density at radius 3 is 1.09 bits per heavy atom. The molecule has 2 aromatic rings. The van der Waals surface area contributed by atoms with Crippen LogP contribution in [0, 0.1) is 0 Å². The molecule has 0 unspecified atom stereocenters. The zero-order chi connectivity index (χ0) is 25.5. The molecule has 0 spiro atoms. The molecule has 12 heteroatoms. The predicted octanol–water partition coefficient (Wildman–Crippen LogP) is 1.69. The van der Waals surface area contributed by atoms with E-state index in [1.807, 2.05) is 0 Å². The first-order valence-electron chi connectivity index (χ1n) is 9.84. The van der Waals surface area contributed by atoms with Crippen molar-refractivity contribution in [3.05, 3.63) is 48.5 Å². The van der Waals surface area contributed by atoms with Gasteiger partial charge in [-0.2, -0.15) is 0 Å². The van der Waals surface area contributed by atoms with Gasteiger partial charge in [-0.3, -0.25) is 19.2 Å². The van der Waals surface area contributed by atoms with Crippen molar-refractivity contribution in [1.82, 2.24) is 0 Å². The Kier molecular flexibility index (Phi) is 7.90. The predicted molar refractivity (Wildman–Crippen MR) is 117 cm³/mol. The number of carboxylic acid groups (broad SMARTS) is 4. The standard InChI is InChI=1S/C22H24N2O10/c23-13-5-1-3-7-15(13)33-21(9-17(25)26,10-18(27)28)22(11-19(29)30,12-20(31)32)34-16-8-4-2-6-14(16)24/h1-8H,9-12,23-24H2,(H,25,26)(H,27,28)(H,29,30)(H,31,32). The van der Waals surface area contributed by atoms with Gasteiger partial charge in [0.1, 0.15) is 11.5 Å². The number of aliphatic carboxylic acids is 4. The van der Waals surface area contributed by atoms with Crippen molar-refractivity contribution in [2.45, 2.75) is 36.9 Å². The molecule has 0 saturated carbocycles. The van der Waals surface area contributed by atoms with Crippen LogP contribution < -0.4 is 20.9 Å². The Labute approximate surface area is 193 Å². The second kappa shape index (κ2) is 10.4. The average molecular weight is 476 g/mol. The van der Waals surface area contributed by atoms with E-state index in [1.165, 1.54) is 48.5 Å². The van der Waals surface area contributed by atoms with Crippen LogP contribution in [0.3, 0.4) is 0 Å². The number of benzene rings is 2. The molecule has 0 fully saturated rings. The minimum atomic E-state index is -2.56. The van der Waals surface area contributed by atoms with Crippen LogP contribution >= 0.6 is 0 Å². The quantitative estimate of drug-likeness (QED) is 0.227. The Morgan fingerprint density at radius 2 is 0.853 bits per heavy atom. The van der Waals surface area contributed by atoms with Crippen LogP contribution in [0.2, 0.25) is 0 Å². The zero-order valence-electron chi connectivity index (χ0n) is 17.8. The van der Waals surface area contributed by atoms with Gasteiger partial charge in [0.2, 0.25) is 0 Å². The van der Waals surface area contributed by atoms with Gasteiger partial charge in [0.25, 0.3) is 0 Å². The first-order chi connectivity index (χ1) is 15.9. The van der Waals surface area contributed by atoms with Gasteiger partial charge in [0.15, 0.2) is 11.2 Å². The molecule has 182 valence electrons. The third-order valence-corrected chi connectivity index (χ3v) is 5.03. The fraction of sp³-hybridized carbons (Fsp3) is 0.273. The molecule has 0 amide bonds. The SMILES string of the molecule is Nc1ccccc1OC(CC(=O)O)(CC(=O)O)C(CC(=O)O)(CC(=O)O)Oc1ccccc1N. The number of para-hydroxylation sites is 4. The molecule has 0 bridgehead atoms. The maximum absolute atomic E-state index is 11.9. The van der Waals surface area contributed by atoms with Crippen LogP contribution in [-0.2, 0) is 19.2 Å². The lowest BCUT2D eigenvalue weighted by Crippen LogP contribution is -2.65. The van der Waals surface area contributed by atoms with Gasteiger partial charge < -0.3 is 41.4 Å². The van der Waals surface area contributed by atoms with Crippen molar-refractivity contribution in [2.24, 2.45) is 0 Å². The fourth-order valence-electron chi connectivity index (χ4n) is 3.64. The van der Waals surface area contributed by atoms with Crippen LogP contribution in [-0.4, -0.2) is 55.5 Å². The van der Waals surface area contributed by atoms with E-state index < -0.39 is 60.8 Å². The molecule has 12 nitrogen and oxygen atoms in total. The molecule has 2 aromatic carbocycles. The van der Waals surface area contributed by atoms with Crippen molar-refractivity contribution < 1.29 is 49.1 Å². The lowest BCUT2D eigenvalue weighted by atomic mass is 9.72. The van der Waals surface area contributed by atoms with E-state index in [1.54, 1.807) is 0 Å². The summed E-state index contributed by atoms with van der Waals surface area (Å²) in [6.45, 7) is 0. The highest BCUT2D eigenvalue weighted by molar-refractivity contribution is 5.78. The number of hydrogen-bond acceptors (Lipinski definition) is 8. The Balaban J connectivity index is 2.90. The van der Waals surface area contributed by atoms with E-state index >= 15 is 0 Å². The monoisotopic (exact) mass is 476 g/mol. The van der Waals surface area contributed by atoms with E-state index in [2.05, 4.69) is 0 Å². The smallest absolute Gasteiger partial charge is 0.307 e. The number of carbonyl (C=O) groups is 4. The van der Waals surface area contributed by atoms with Crippen LogP contribution in [0.5, 0.6) is 11.5 Å². The van der Waals surface area contributed by atoms with Gasteiger partial charge >= 0.3 is 23.9 Å². The minimum absolute atomic E-state index is 0.0265. The lowest BCUT2D eigenvalue weighted by Gasteiger charge is -2.47. The molecule has 0 aliphatic heterocycles. The van der Waals surface area contributed by atoms with Gasteiger partial charge in [-0.05, 0) is 24.3 Å².